The smallest absolute Gasteiger partial charge is 0.309 e. The molecule has 0 aliphatic carbocycles. The van der Waals surface area contributed by atoms with Gasteiger partial charge in [0.25, 0.3) is 0 Å². The first-order valence-corrected chi connectivity index (χ1v) is 25.9. The molecule has 0 amide bonds. The summed E-state index contributed by atoms with van der Waals surface area (Å²) in [6, 6.07) is 49.0. The first-order valence-electron chi connectivity index (χ1n) is 24.3. The molecule has 71 heavy (non-hydrogen) atoms. The topological polar surface area (TPSA) is 133 Å². The van der Waals surface area contributed by atoms with E-state index in [1.165, 1.54) is 40.5 Å². The van der Waals surface area contributed by atoms with Gasteiger partial charge in [-0.2, -0.15) is 0 Å². The normalized spacial score (nSPS) is 11.1. The molecule has 5 N–H and O–H groups in total. The van der Waals surface area contributed by atoms with Crippen molar-refractivity contribution in [1.82, 2.24) is 0 Å². The van der Waals surface area contributed by atoms with Crippen molar-refractivity contribution in [3.63, 3.8) is 0 Å². The third-order valence-electron chi connectivity index (χ3n) is 11.0. The Labute approximate surface area is 443 Å². The van der Waals surface area contributed by atoms with Gasteiger partial charge in [0.05, 0.1) is 20.0 Å². The minimum atomic E-state index is -0.780. The molecular weight excluding hydrogens is 1010 g/mol. The lowest BCUT2D eigenvalue weighted by molar-refractivity contribution is -0.140. The standard InChI is InChI=1S/C12H16.C11H15NO2.C11H14O2.C11H14O.C9H11Br.C8H10BrN/c1-4-5-11-6-8-12(9-7-11)10(2)3;1-8(12)10-5-3-9(4-6-10)7-11(13)14-2;1-8(2)10-5-3-9(4-6-10)7-11(12)13;1-9(2)11-5-3-10(4-6-11)7-8-12;1-7(2)8-3-5-9(10)6-4-8;1-6(10)7-2-4-8(9)5-3-7/h4,6-10H,1,5H2,2-3H3;3-6,8H,7,12H2,1-2H3;3-6,8H,7H2,1-2H3,(H,12,13);3-6,8-9H,7H2,1-2H3;3-7H,1-2H3;2-6H,10H2,1H3/t;8-;;;;6-/m.0...0/s1. The lowest BCUT2D eigenvalue weighted by Gasteiger charge is -2.06. The number of nitrogens with two attached hydrogens (primary N) is 2. The molecule has 0 aromatic heterocycles. The van der Waals surface area contributed by atoms with Gasteiger partial charge in [-0.05, 0) is 124 Å². The molecule has 0 fully saturated rings. The molecule has 0 saturated heterocycles. The summed E-state index contributed by atoms with van der Waals surface area (Å²) in [4.78, 5) is 31.5. The number of aldehydes is 1. The van der Waals surface area contributed by atoms with Crippen LogP contribution in [0, 0.1) is 0 Å². The predicted octanol–water partition coefficient (Wildman–Crippen LogP) is 16.0. The van der Waals surface area contributed by atoms with Gasteiger partial charge in [0.1, 0.15) is 6.29 Å². The van der Waals surface area contributed by atoms with Crippen LogP contribution in [-0.2, 0) is 44.8 Å². The summed E-state index contributed by atoms with van der Waals surface area (Å²) in [5.74, 6) is 1.32. The minimum Gasteiger partial charge on any atom is -0.481 e. The summed E-state index contributed by atoms with van der Waals surface area (Å²) < 4.78 is 6.81. The van der Waals surface area contributed by atoms with Gasteiger partial charge in [-0.1, -0.05) is 215 Å². The molecule has 7 nitrogen and oxygen atoms in total. The van der Waals surface area contributed by atoms with E-state index in [2.05, 4.69) is 159 Å². The number of methoxy groups -OCH3 is 1. The van der Waals surface area contributed by atoms with Crippen LogP contribution in [0.5, 0.6) is 0 Å². The molecule has 0 unspecified atom stereocenters. The molecule has 0 aliphatic rings. The Kier molecular flexibility index (Phi) is 31.9. The average molecular weight is 1090 g/mol. The van der Waals surface area contributed by atoms with Crippen molar-refractivity contribution in [3.8, 4) is 0 Å². The number of allylic oxidation sites excluding steroid dienone is 1. The van der Waals surface area contributed by atoms with Crippen LogP contribution in [0.25, 0.3) is 0 Å². The van der Waals surface area contributed by atoms with Crippen molar-refractivity contribution in [2.45, 2.75) is 131 Å². The Hall–Kier alpha value is -5.45. The van der Waals surface area contributed by atoms with Gasteiger partial charge in [-0.3, -0.25) is 9.59 Å². The zero-order valence-electron chi connectivity index (χ0n) is 44.0. The lowest BCUT2D eigenvalue weighted by atomic mass is 10.0. The average Bonchev–Trinajstić information content (AvgIpc) is 3.33. The monoisotopic (exact) mass is 1090 g/mol. The SMILES string of the molecule is C=CCc1ccc(C(C)C)cc1.CC(C)c1ccc(Br)cc1.CC(C)c1ccc(CC(=O)O)cc1.CC(C)c1ccc(CC=O)cc1.COC(=O)Cc1ccc([C@H](C)N)cc1.C[C@H](N)c1ccc(Br)cc1. The maximum atomic E-state index is 11.0. The van der Waals surface area contributed by atoms with Crippen molar-refractivity contribution in [2.75, 3.05) is 7.11 Å². The number of hydrogen-bond acceptors (Lipinski definition) is 6. The molecule has 0 bridgehead atoms. The number of carbonyl (C=O) groups is 3. The minimum absolute atomic E-state index is 0.0298. The van der Waals surface area contributed by atoms with E-state index in [-0.39, 0.29) is 24.5 Å². The number of carboxylic acid groups (broad SMARTS) is 1. The van der Waals surface area contributed by atoms with Gasteiger partial charge in [0.15, 0.2) is 0 Å². The maximum Gasteiger partial charge on any atom is 0.309 e. The molecule has 6 rings (SSSR count). The number of carbonyl (C=O) groups excluding carboxylic acids is 2. The molecule has 6 aromatic rings. The van der Waals surface area contributed by atoms with Gasteiger partial charge in [0.2, 0.25) is 0 Å². The highest BCUT2D eigenvalue weighted by molar-refractivity contribution is 9.10. The van der Waals surface area contributed by atoms with E-state index in [0.29, 0.717) is 36.5 Å². The number of esters is 1. The van der Waals surface area contributed by atoms with Gasteiger partial charge >= 0.3 is 11.9 Å². The molecule has 9 heteroatoms. The molecule has 6 aromatic carbocycles. The number of halogens is 2. The first-order chi connectivity index (χ1) is 33.6. The van der Waals surface area contributed by atoms with Gasteiger partial charge in [0, 0.05) is 27.4 Å². The van der Waals surface area contributed by atoms with Gasteiger partial charge in [-0.25, -0.2) is 0 Å². The van der Waals surface area contributed by atoms with Crippen molar-refractivity contribution < 1.29 is 24.2 Å². The number of rotatable bonds is 14. The van der Waals surface area contributed by atoms with Crippen molar-refractivity contribution in [1.29, 1.82) is 0 Å². The highest BCUT2D eigenvalue weighted by Gasteiger charge is 2.05. The second kappa shape index (κ2) is 35.6. The molecule has 2 atom stereocenters. The van der Waals surface area contributed by atoms with E-state index in [0.717, 1.165) is 43.9 Å². The summed E-state index contributed by atoms with van der Waals surface area (Å²) in [5.41, 5.74) is 23.2. The number of aliphatic carboxylic acids is 1. The summed E-state index contributed by atoms with van der Waals surface area (Å²) in [6.07, 6.45) is 4.79. The second-order valence-electron chi connectivity index (χ2n) is 18.5. The van der Waals surface area contributed by atoms with Crippen molar-refractivity contribution in [2.24, 2.45) is 11.5 Å². The molecule has 0 aliphatic heterocycles. The zero-order valence-corrected chi connectivity index (χ0v) is 47.2. The predicted molar refractivity (Wildman–Crippen MR) is 306 cm³/mol. The van der Waals surface area contributed by atoms with Gasteiger partial charge < -0.3 is 26.1 Å². The number of benzene rings is 6. The van der Waals surface area contributed by atoms with E-state index in [1.807, 2.05) is 105 Å². The number of hydrogen-bond donors (Lipinski definition) is 3. The van der Waals surface area contributed by atoms with E-state index < -0.39 is 5.97 Å². The Balaban J connectivity index is 0.000000428. The summed E-state index contributed by atoms with van der Waals surface area (Å²) in [5, 5.41) is 8.55. The van der Waals surface area contributed by atoms with Crippen LogP contribution in [0.4, 0.5) is 0 Å². The largest absolute Gasteiger partial charge is 0.481 e. The molecule has 0 heterocycles. The molecular formula is C62H80Br2N2O5. The highest BCUT2D eigenvalue weighted by Crippen LogP contribution is 2.19. The van der Waals surface area contributed by atoms with E-state index in [1.54, 1.807) is 0 Å². The summed E-state index contributed by atoms with van der Waals surface area (Å²) in [7, 11) is 1.39. The third kappa shape index (κ3) is 28.3. The zero-order chi connectivity index (χ0) is 53.5. The van der Waals surface area contributed by atoms with E-state index in [9.17, 15) is 14.4 Å². The fraction of sp³-hybridized carbons (Fsp3) is 0.339. The summed E-state index contributed by atoms with van der Waals surface area (Å²) in [6.45, 7) is 25.0. The Morgan fingerprint density at radius 1 is 0.479 bits per heavy atom. The van der Waals surface area contributed by atoms with Crippen LogP contribution < -0.4 is 11.5 Å². The van der Waals surface area contributed by atoms with Crippen LogP contribution in [0.3, 0.4) is 0 Å². The Morgan fingerprint density at radius 3 is 1.01 bits per heavy atom. The van der Waals surface area contributed by atoms with Gasteiger partial charge in [-0.15, -0.1) is 6.58 Å². The summed E-state index contributed by atoms with van der Waals surface area (Å²) >= 11 is 6.75. The molecule has 0 radical (unpaired) electrons. The number of carboxylic acids is 1. The Morgan fingerprint density at radius 2 is 0.746 bits per heavy atom. The highest BCUT2D eigenvalue weighted by atomic mass is 79.9. The van der Waals surface area contributed by atoms with Crippen molar-refractivity contribution >= 4 is 50.1 Å². The third-order valence-corrected chi connectivity index (χ3v) is 12.1. The number of ether oxygens (including phenoxy) is 1. The van der Waals surface area contributed by atoms with E-state index in [4.69, 9.17) is 16.6 Å². The molecule has 0 spiro atoms. The maximum absolute atomic E-state index is 11.0. The molecule has 382 valence electrons. The molecule has 0 saturated carbocycles. The van der Waals surface area contributed by atoms with E-state index >= 15 is 0 Å². The fourth-order valence-corrected chi connectivity index (χ4v) is 6.86. The quantitative estimate of drug-likeness (QED) is 0.0562. The van der Waals surface area contributed by atoms with Crippen LogP contribution in [0.15, 0.2) is 167 Å². The second-order valence-corrected chi connectivity index (χ2v) is 20.3. The van der Waals surface area contributed by atoms with Crippen LogP contribution in [0.2, 0.25) is 0 Å². The van der Waals surface area contributed by atoms with Crippen LogP contribution in [0.1, 0.15) is 161 Å². The lowest BCUT2D eigenvalue weighted by Crippen LogP contribution is -2.06. The Bertz CT molecular complexity index is 2270. The van der Waals surface area contributed by atoms with Crippen LogP contribution >= 0.6 is 31.9 Å². The van der Waals surface area contributed by atoms with Crippen LogP contribution in [-0.4, -0.2) is 30.4 Å². The fourth-order valence-electron chi connectivity index (χ4n) is 6.33. The van der Waals surface area contributed by atoms with Crippen molar-refractivity contribution in [3.05, 3.63) is 223 Å². The first kappa shape index (κ1) is 63.6.